The predicted molar refractivity (Wildman–Crippen MR) is 68.1 cm³/mol. The van der Waals surface area contributed by atoms with Crippen LogP contribution in [0.15, 0.2) is 34.7 Å². The number of nitrogens with one attached hydrogen (secondary N) is 1. The molecular weight excluding hydrogens is 226 g/mol. The zero-order chi connectivity index (χ0) is 12.4. The van der Waals surface area contributed by atoms with E-state index >= 15 is 0 Å². The maximum atomic E-state index is 5.76. The fourth-order valence-corrected chi connectivity index (χ4v) is 2.11. The molecule has 1 unspecified atom stereocenters. The second-order valence-electron chi connectivity index (χ2n) is 4.81. The molecule has 0 saturated heterocycles. The maximum Gasteiger partial charge on any atom is 0.237 e. The fraction of sp³-hybridized carbons (Fsp3) is 0.429. The highest BCUT2D eigenvalue weighted by molar-refractivity contribution is 5.23. The third kappa shape index (κ3) is 2.43. The Morgan fingerprint density at radius 2 is 2.06 bits per heavy atom. The predicted octanol–water partition coefficient (Wildman–Crippen LogP) is 2.33. The molecule has 3 rings (SSSR count). The van der Waals surface area contributed by atoms with Crippen molar-refractivity contribution in [2.45, 2.75) is 25.3 Å². The van der Waals surface area contributed by atoms with Gasteiger partial charge in [0.15, 0.2) is 0 Å². The van der Waals surface area contributed by atoms with Crippen LogP contribution < -0.4 is 5.32 Å². The summed E-state index contributed by atoms with van der Waals surface area (Å²) in [6, 6.07) is 10.1. The molecule has 4 nitrogen and oxygen atoms in total. The Balaban J connectivity index is 1.80. The van der Waals surface area contributed by atoms with Crippen molar-refractivity contribution in [1.29, 1.82) is 0 Å². The largest absolute Gasteiger partial charge is 0.423 e. The Hall–Kier alpha value is -1.68. The lowest BCUT2D eigenvalue weighted by Crippen LogP contribution is -2.17. The molecule has 1 fully saturated rings. The first kappa shape index (κ1) is 11.4. The summed E-state index contributed by atoms with van der Waals surface area (Å²) in [4.78, 5) is 0. The molecule has 1 aromatic heterocycles. The molecular formula is C14H17N3O. The lowest BCUT2D eigenvalue weighted by molar-refractivity contribution is 0.410. The van der Waals surface area contributed by atoms with E-state index in [1.807, 2.05) is 25.2 Å². The third-order valence-corrected chi connectivity index (χ3v) is 3.31. The number of nitrogens with zero attached hydrogens (tertiary/aromatic N) is 2. The standard InChI is InChI=1S/C14H17N3O/c1-15-13(11-5-3-2-4-6-11)14-17-16-12(18-14)9-10-7-8-10/h2-6,10,13,15H,7-9H2,1H3. The highest BCUT2D eigenvalue weighted by Gasteiger charge is 2.25. The van der Waals surface area contributed by atoms with Crippen LogP contribution in [0.5, 0.6) is 0 Å². The zero-order valence-corrected chi connectivity index (χ0v) is 10.5. The van der Waals surface area contributed by atoms with Crippen molar-refractivity contribution >= 4 is 0 Å². The van der Waals surface area contributed by atoms with Gasteiger partial charge in [-0.15, -0.1) is 10.2 Å². The van der Waals surface area contributed by atoms with E-state index in [0.29, 0.717) is 5.89 Å². The molecule has 1 aliphatic rings. The maximum absolute atomic E-state index is 5.76. The molecule has 1 heterocycles. The topological polar surface area (TPSA) is 51.0 Å². The van der Waals surface area contributed by atoms with E-state index in [4.69, 9.17) is 4.42 Å². The number of hydrogen-bond acceptors (Lipinski definition) is 4. The number of hydrogen-bond donors (Lipinski definition) is 1. The van der Waals surface area contributed by atoms with Gasteiger partial charge in [-0.3, -0.25) is 0 Å². The Labute approximate surface area is 106 Å². The minimum atomic E-state index is -0.0216. The van der Waals surface area contributed by atoms with Gasteiger partial charge in [0.2, 0.25) is 11.8 Å². The Bertz CT molecular complexity index is 505. The average Bonchev–Trinajstić information content (AvgIpc) is 3.10. The van der Waals surface area contributed by atoms with Crippen molar-refractivity contribution in [2.24, 2.45) is 5.92 Å². The molecule has 1 atom stereocenters. The second kappa shape index (κ2) is 4.90. The van der Waals surface area contributed by atoms with Gasteiger partial charge in [-0.05, 0) is 31.4 Å². The molecule has 2 aromatic rings. The van der Waals surface area contributed by atoms with Crippen molar-refractivity contribution in [3.8, 4) is 0 Å². The van der Waals surface area contributed by atoms with Crippen LogP contribution in [0.25, 0.3) is 0 Å². The zero-order valence-electron chi connectivity index (χ0n) is 10.5. The van der Waals surface area contributed by atoms with Crippen molar-refractivity contribution in [3.05, 3.63) is 47.7 Å². The molecule has 94 valence electrons. The van der Waals surface area contributed by atoms with E-state index in [-0.39, 0.29) is 6.04 Å². The summed E-state index contributed by atoms with van der Waals surface area (Å²) in [5, 5.41) is 11.5. The molecule has 1 aliphatic carbocycles. The van der Waals surface area contributed by atoms with Gasteiger partial charge in [0, 0.05) is 6.42 Å². The van der Waals surface area contributed by atoms with Gasteiger partial charge in [0.05, 0.1) is 0 Å². The van der Waals surface area contributed by atoms with Crippen molar-refractivity contribution < 1.29 is 4.42 Å². The van der Waals surface area contributed by atoms with Crippen LogP contribution in [0, 0.1) is 5.92 Å². The summed E-state index contributed by atoms with van der Waals surface area (Å²) >= 11 is 0. The Morgan fingerprint density at radius 1 is 1.28 bits per heavy atom. The number of aromatic nitrogens is 2. The number of benzene rings is 1. The van der Waals surface area contributed by atoms with Gasteiger partial charge in [-0.25, -0.2) is 0 Å². The molecule has 1 N–H and O–H groups in total. The SMILES string of the molecule is CNC(c1ccccc1)c1nnc(CC2CC2)o1. The van der Waals surface area contributed by atoms with Gasteiger partial charge in [0.1, 0.15) is 6.04 Å². The normalized spacial score (nSPS) is 16.7. The van der Waals surface area contributed by atoms with Crippen LogP contribution in [0.4, 0.5) is 0 Å². The van der Waals surface area contributed by atoms with Crippen molar-refractivity contribution in [2.75, 3.05) is 7.05 Å². The van der Waals surface area contributed by atoms with Crippen molar-refractivity contribution in [3.63, 3.8) is 0 Å². The molecule has 1 aromatic carbocycles. The van der Waals surface area contributed by atoms with Crippen LogP contribution in [0.3, 0.4) is 0 Å². The van der Waals surface area contributed by atoms with Crippen LogP contribution in [-0.2, 0) is 6.42 Å². The molecule has 0 spiro atoms. The summed E-state index contributed by atoms with van der Waals surface area (Å²) < 4.78 is 5.76. The summed E-state index contributed by atoms with van der Waals surface area (Å²) in [7, 11) is 1.91. The Kier molecular flexibility index (Phi) is 3.11. The molecule has 1 saturated carbocycles. The summed E-state index contributed by atoms with van der Waals surface area (Å²) in [6.45, 7) is 0. The second-order valence-corrected chi connectivity index (χ2v) is 4.81. The minimum absolute atomic E-state index is 0.0216. The molecule has 0 amide bonds. The minimum Gasteiger partial charge on any atom is -0.423 e. The van der Waals surface area contributed by atoms with E-state index in [1.54, 1.807) is 0 Å². The number of rotatable bonds is 5. The first-order valence-corrected chi connectivity index (χ1v) is 6.41. The molecule has 0 bridgehead atoms. The monoisotopic (exact) mass is 243 g/mol. The average molecular weight is 243 g/mol. The van der Waals surface area contributed by atoms with E-state index in [9.17, 15) is 0 Å². The smallest absolute Gasteiger partial charge is 0.237 e. The van der Waals surface area contributed by atoms with Gasteiger partial charge < -0.3 is 9.73 Å². The Morgan fingerprint density at radius 3 is 2.72 bits per heavy atom. The fourth-order valence-electron chi connectivity index (χ4n) is 2.11. The first-order chi connectivity index (χ1) is 8.86. The van der Waals surface area contributed by atoms with E-state index < -0.39 is 0 Å². The van der Waals surface area contributed by atoms with Crippen LogP contribution in [-0.4, -0.2) is 17.2 Å². The van der Waals surface area contributed by atoms with Crippen LogP contribution in [0.1, 0.15) is 36.2 Å². The highest BCUT2D eigenvalue weighted by Crippen LogP contribution is 2.32. The summed E-state index contributed by atoms with van der Waals surface area (Å²) in [5.41, 5.74) is 1.14. The molecule has 0 radical (unpaired) electrons. The highest BCUT2D eigenvalue weighted by atomic mass is 16.4. The molecule has 4 heteroatoms. The van der Waals surface area contributed by atoms with E-state index in [2.05, 4.69) is 27.6 Å². The summed E-state index contributed by atoms with van der Waals surface area (Å²) in [5.74, 6) is 2.19. The van der Waals surface area contributed by atoms with Gasteiger partial charge in [-0.2, -0.15) is 0 Å². The first-order valence-electron chi connectivity index (χ1n) is 6.41. The van der Waals surface area contributed by atoms with E-state index in [1.165, 1.54) is 12.8 Å². The summed E-state index contributed by atoms with van der Waals surface area (Å²) in [6.07, 6.45) is 3.52. The van der Waals surface area contributed by atoms with E-state index in [0.717, 1.165) is 23.8 Å². The van der Waals surface area contributed by atoms with Gasteiger partial charge in [0.25, 0.3) is 0 Å². The van der Waals surface area contributed by atoms with Crippen molar-refractivity contribution in [1.82, 2.24) is 15.5 Å². The quantitative estimate of drug-likeness (QED) is 0.875. The molecule has 18 heavy (non-hydrogen) atoms. The lowest BCUT2D eigenvalue weighted by atomic mass is 10.1. The van der Waals surface area contributed by atoms with Crippen LogP contribution >= 0.6 is 0 Å². The van der Waals surface area contributed by atoms with Gasteiger partial charge >= 0.3 is 0 Å². The van der Waals surface area contributed by atoms with Crippen LogP contribution in [0.2, 0.25) is 0 Å². The molecule has 0 aliphatic heterocycles. The lowest BCUT2D eigenvalue weighted by Gasteiger charge is -2.11. The van der Waals surface area contributed by atoms with Gasteiger partial charge in [-0.1, -0.05) is 30.3 Å². The third-order valence-electron chi connectivity index (χ3n) is 3.31.